The molecule has 0 radical (unpaired) electrons. The minimum absolute atomic E-state index is 0.127. The van der Waals surface area contributed by atoms with Crippen LogP contribution in [-0.2, 0) is 0 Å². The molecule has 0 saturated heterocycles. The topological polar surface area (TPSA) is 57.5 Å². The van der Waals surface area contributed by atoms with Crippen molar-refractivity contribution in [2.75, 3.05) is 0 Å². The lowest BCUT2D eigenvalue weighted by atomic mass is 9.90. The van der Waals surface area contributed by atoms with Crippen molar-refractivity contribution >= 4 is 5.97 Å². The van der Waals surface area contributed by atoms with Crippen molar-refractivity contribution in [2.45, 2.75) is 32.6 Å². The van der Waals surface area contributed by atoms with Gasteiger partial charge in [0.25, 0.3) is 0 Å². The molecule has 1 aromatic rings. The average Bonchev–Trinajstić information content (AvgIpc) is 2.19. The van der Waals surface area contributed by atoms with Crippen molar-refractivity contribution in [1.82, 2.24) is 0 Å². The predicted octanol–water partition coefficient (Wildman–Crippen LogP) is 2.99. The number of benzene rings is 1. The van der Waals surface area contributed by atoms with E-state index in [9.17, 15) is 9.90 Å². The normalized spacial score (nSPS) is 10.6. The molecule has 1 aromatic carbocycles. The molecule has 0 aromatic heterocycles. The highest BCUT2D eigenvalue weighted by Crippen LogP contribution is 2.29. The Hall–Kier alpha value is -1.51. The van der Waals surface area contributed by atoms with Crippen LogP contribution in [0.15, 0.2) is 18.2 Å². The van der Waals surface area contributed by atoms with Crippen LogP contribution >= 0.6 is 0 Å². The van der Waals surface area contributed by atoms with E-state index in [-0.39, 0.29) is 11.7 Å². The Morgan fingerprint density at radius 1 is 1.33 bits per heavy atom. The highest BCUT2D eigenvalue weighted by Gasteiger charge is 2.16. The number of rotatable bonds is 4. The van der Waals surface area contributed by atoms with Gasteiger partial charge in [-0.2, -0.15) is 0 Å². The Bertz CT molecular complexity index is 354. The first-order chi connectivity index (χ1) is 7.10. The molecule has 0 atom stereocenters. The number of hydrogen-bond acceptors (Lipinski definition) is 2. The molecule has 0 unspecified atom stereocenters. The number of hydrogen-bond donors (Lipinski definition) is 2. The number of aromatic hydroxyl groups is 1. The SMILES string of the molecule is CCC(CC)c1cc(O)ccc1C(=O)O. The van der Waals surface area contributed by atoms with Crippen LogP contribution in [0.2, 0.25) is 0 Å². The van der Waals surface area contributed by atoms with Gasteiger partial charge in [-0.25, -0.2) is 4.79 Å². The zero-order valence-electron chi connectivity index (χ0n) is 9.03. The largest absolute Gasteiger partial charge is 0.508 e. The van der Waals surface area contributed by atoms with Gasteiger partial charge in [-0.05, 0) is 42.5 Å². The number of carboxylic acid groups (broad SMARTS) is 1. The first-order valence-electron chi connectivity index (χ1n) is 5.16. The second-order valence-corrected chi connectivity index (χ2v) is 3.59. The summed E-state index contributed by atoms with van der Waals surface area (Å²) in [4.78, 5) is 11.0. The molecule has 3 nitrogen and oxygen atoms in total. The predicted molar refractivity (Wildman–Crippen MR) is 58.4 cm³/mol. The average molecular weight is 208 g/mol. The van der Waals surface area contributed by atoms with Crippen LogP contribution in [0.25, 0.3) is 0 Å². The summed E-state index contributed by atoms with van der Waals surface area (Å²) in [5.41, 5.74) is 1.02. The van der Waals surface area contributed by atoms with Crippen LogP contribution < -0.4 is 0 Å². The van der Waals surface area contributed by atoms with Gasteiger partial charge in [0.15, 0.2) is 0 Å². The third kappa shape index (κ3) is 2.49. The number of carbonyl (C=O) groups is 1. The van der Waals surface area contributed by atoms with Gasteiger partial charge < -0.3 is 10.2 Å². The van der Waals surface area contributed by atoms with E-state index in [2.05, 4.69) is 0 Å². The smallest absolute Gasteiger partial charge is 0.335 e. The second-order valence-electron chi connectivity index (χ2n) is 3.59. The molecule has 0 bridgehead atoms. The summed E-state index contributed by atoms with van der Waals surface area (Å²) in [5.74, 6) is -0.609. The molecule has 0 amide bonds. The minimum atomic E-state index is -0.933. The van der Waals surface area contributed by atoms with Gasteiger partial charge in [-0.15, -0.1) is 0 Å². The lowest BCUT2D eigenvalue weighted by Crippen LogP contribution is -2.06. The molecular weight excluding hydrogens is 192 g/mol. The maximum atomic E-state index is 11.0. The summed E-state index contributed by atoms with van der Waals surface area (Å²) >= 11 is 0. The third-order valence-corrected chi connectivity index (χ3v) is 2.69. The van der Waals surface area contributed by atoms with Gasteiger partial charge in [0.1, 0.15) is 5.75 Å². The van der Waals surface area contributed by atoms with Gasteiger partial charge >= 0.3 is 5.97 Å². The summed E-state index contributed by atoms with van der Waals surface area (Å²) in [7, 11) is 0. The van der Waals surface area contributed by atoms with Gasteiger partial charge in [0, 0.05) is 0 Å². The fourth-order valence-electron chi connectivity index (χ4n) is 1.81. The molecule has 0 saturated carbocycles. The van der Waals surface area contributed by atoms with E-state index in [1.54, 1.807) is 6.07 Å². The van der Waals surface area contributed by atoms with Crippen molar-refractivity contribution < 1.29 is 15.0 Å². The molecule has 0 aliphatic carbocycles. The summed E-state index contributed by atoms with van der Waals surface area (Å²) < 4.78 is 0. The van der Waals surface area contributed by atoms with E-state index < -0.39 is 5.97 Å². The van der Waals surface area contributed by atoms with E-state index >= 15 is 0 Å². The van der Waals surface area contributed by atoms with Crippen LogP contribution in [-0.4, -0.2) is 16.2 Å². The lowest BCUT2D eigenvalue weighted by molar-refractivity contribution is 0.0695. The van der Waals surface area contributed by atoms with Gasteiger partial charge in [0.05, 0.1) is 5.56 Å². The molecule has 0 spiro atoms. The Balaban J connectivity index is 3.22. The van der Waals surface area contributed by atoms with Crippen molar-refractivity contribution in [2.24, 2.45) is 0 Å². The van der Waals surface area contributed by atoms with E-state index in [0.29, 0.717) is 5.56 Å². The van der Waals surface area contributed by atoms with Gasteiger partial charge in [0.2, 0.25) is 0 Å². The molecule has 82 valence electrons. The maximum Gasteiger partial charge on any atom is 0.335 e. The van der Waals surface area contributed by atoms with Crippen molar-refractivity contribution in [3.05, 3.63) is 29.3 Å². The zero-order valence-corrected chi connectivity index (χ0v) is 9.03. The summed E-state index contributed by atoms with van der Waals surface area (Å²) in [5, 5.41) is 18.4. The minimum Gasteiger partial charge on any atom is -0.508 e. The molecule has 0 fully saturated rings. The zero-order chi connectivity index (χ0) is 11.4. The first-order valence-corrected chi connectivity index (χ1v) is 5.16. The molecule has 0 heterocycles. The Morgan fingerprint density at radius 3 is 2.40 bits per heavy atom. The van der Waals surface area contributed by atoms with E-state index in [1.165, 1.54) is 12.1 Å². The van der Waals surface area contributed by atoms with Crippen LogP contribution in [0.1, 0.15) is 48.5 Å². The fraction of sp³-hybridized carbons (Fsp3) is 0.417. The highest BCUT2D eigenvalue weighted by molar-refractivity contribution is 5.89. The van der Waals surface area contributed by atoms with Crippen LogP contribution in [0.5, 0.6) is 5.75 Å². The molecule has 3 heteroatoms. The monoisotopic (exact) mass is 208 g/mol. The maximum absolute atomic E-state index is 11.0. The third-order valence-electron chi connectivity index (χ3n) is 2.69. The number of phenolic OH excluding ortho intramolecular Hbond substituents is 1. The van der Waals surface area contributed by atoms with Gasteiger partial charge in [-0.3, -0.25) is 0 Å². The first kappa shape index (κ1) is 11.6. The lowest BCUT2D eigenvalue weighted by Gasteiger charge is -2.15. The van der Waals surface area contributed by atoms with E-state index in [4.69, 9.17) is 5.11 Å². The molecular formula is C12H16O3. The number of carboxylic acids is 1. The fourth-order valence-corrected chi connectivity index (χ4v) is 1.81. The quantitative estimate of drug-likeness (QED) is 0.799. The Morgan fingerprint density at radius 2 is 1.93 bits per heavy atom. The second kappa shape index (κ2) is 4.82. The summed E-state index contributed by atoms with van der Waals surface area (Å²) in [6, 6.07) is 4.43. The molecule has 0 aliphatic rings. The molecule has 2 N–H and O–H groups in total. The molecule has 1 rings (SSSR count). The summed E-state index contributed by atoms with van der Waals surface area (Å²) in [6.07, 6.45) is 1.75. The van der Waals surface area contributed by atoms with Crippen LogP contribution in [0.3, 0.4) is 0 Å². The van der Waals surface area contributed by atoms with E-state index in [0.717, 1.165) is 18.4 Å². The molecule has 15 heavy (non-hydrogen) atoms. The highest BCUT2D eigenvalue weighted by atomic mass is 16.4. The van der Waals surface area contributed by atoms with Gasteiger partial charge in [-0.1, -0.05) is 13.8 Å². The van der Waals surface area contributed by atoms with Crippen LogP contribution in [0.4, 0.5) is 0 Å². The number of phenols is 1. The van der Waals surface area contributed by atoms with Crippen molar-refractivity contribution in [1.29, 1.82) is 0 Å². The standard InChI is InChI=1S/C12H16O3/c1-3-8(4-2)11-7-9(13)5-6-10(11)12(14)15/h5-8,13H,3-4H2,1-2H3,(H,14,15). The van der Waals surface area contributed by atoms with Crippen molar-refractivity contribution in [3.8, 4) is 5.75 Å². The van der Waals surface area contributed by atoms with Crippen LogP contribution in [0, 0.1) is 0 Å². The molecule has 0 aliphatic heterocycles. The Labute approximate surface area is 89.4 Å². The van der Waals surface area contributed by atoms with E-state index in [1.807, 2.05) is 13.8 Å². The Kier molecular flexibility index (Phi) is 3.72. The number of aromatic carboxylic acids is 1. The summed E-state index contributed by atoms with van der Waals surface area (Å²) in [6.45, 7) is 4.04. The van der Waals surface area contributed by atoms with Crippen molar-refractivity contribution in [3.63, 3.8) is 0 Å².